The lowest BCUT2D eigenvalue weighted by Crippen LogP contribution is -2.08. The van der Waals surface area contributed by atoms with Crippen molar-refractivity contribution in [2.24, 2.45) is 0 Å². The van der Waals surface area contributed by atoms with Crippen LogP contribution in [0.2, 0.25) is 0 Å². The summed E-state index contributed by atoms with van der Waals surface area (Å²) in [5.74, 6) is 0.477. The molecule has 0 saturated carbocycles. The lowest BCUT2D eigenvalue weighted by molar-refractivity contribution is 0.0527. The van der Waals surface area contributed by atoms with Gasteiger partial charge in [0, 0.05) is 23.1 Å². The van der Waals surface area contributed by atoms with E-state index in [-0.39, 0.29) is 24.7 Å². The van der Waals surface area contributed by atoms with E-state index in [9.17, 15) is 9.90 Å². The minimum absolute atomic E-state index is 0.0325. The molecule has 0 aliphatic carbocycles. The third kappa shape index (κ3) is 3.49. The first-order valence-electron chi connectivity index (χ1n) is 8.13. The second-order valence-electron chi connectivity index (χ2n) is 5.53. The summed E-state index contributed by atoms with van der Waals surface area (Å²) < 4.78 is 17.9. The molecule has 0 amide bonds. The van der Waals surface area contributed by atoms with E-state index in [1.165, 1.54) is 0 Å². The largest absolute Gasteiger partial charge is 0.484 e. The number of benzene rings is 1. The Morgan fingerprint density at radius 3 is 2.92 bits per heavy atom. The molecule has 0 aliphatic heterocycles. The van der Waals surface area contributed by atoms with E-state index >= 15 is 0 Å². The molecule has 0 fully saturated rings. The van der Waals surface area contributed by atoms with Gasteiger partial charge in [-0.1, -0.05) is 0 Å². The van der Waals surface area contributed by atoms with E-state index in [2.05, 4.69) is 10.2 Å². The quantitative estimate of drug-likeness (QED) is 0.482. The molecular formula is C17H19N3O5S. The summed E-state index contributed by atoms with van der Waals surface area (Å²) in [6, 6.07) is 5.39. The Kier molecular flexibility index (Phi) is 5.38. The number of aliphatic hydroxyl groups excluding tert-OH is 1. The highest BCUT2D eigenvalue weighted by Crippen LogP contribution is 2.30. The number of aromatic nitrogens is 3. The van der Waals surface area contributed by atoms with Gasteiger partial charge in [0.1, 0.15) is 5.75 Å². The average molecular weight is 377 g/mol. The van der Waals surface area contributed by atoms with Crippen LogP contribution >= 0.6 is 12.2 Å². The van der Waals surface area contributed by atoms with E-state index in [4.69, 9.17) is 26.1 Å². The SMILES string of the molecule is CCOC(=O)c1c(C)n(CCO)c2ccc(OCc3n[nH]c(=S)o3)cc12. The van der Waals surface area contributed by atoms with Crippen molar-refractivity contribution in [1.82, 2.24) is 14.8 Å². The number of rotatable bonds is 7. The Balaban J connectivity index is 1.99. The van der Waals surface area contributed by atoms with Gasteiger partial charge in [-0.15, -0.1) is 5.10 Å². The smallest absolute Gasteiger partial charge is 0.340 e. The van der Waals surface area contributed by atoms with E-state index in [1.54, 1.807) is 19.1 Å². The predicted molar refractivity (Wildman–Crippen MR) is 95.7 cm³/mol. The van der Waals surface area contributed by atoms with E-state index < -0.39 is 5.97 Å². The van der Waals surface area contributed by atoms with Crippen LogP contribution in [0.3, 0.4) is 0 Å². The summed E-state index contributed by atoms with van der Waals surface area (Å²) in [6.07, 6.45) is 0. The van der Waals surface area contributed by atoms with Gasteiger partial charge in [-0.2, -0.15) is 0 Å². The number of carbonyl (C=O) groups is 1. The predicted octanol–water partition coefficient (Wildman–Crippen LogP) is 2.74. The summed E-state index contributed by atoms with van der Waals surface area (Å²) in [6.45, 7) is 4.32. The zero-order chi connectivity index (χ0) is 18.7. The van der Waals surface area contributed by atoms with Crippen molar-refractivity contribution in [2.75, 3.05) is 13.2 Å². The van der Waals surface area contributed by atoms with Crippen LogP contribution in [0.4, 0.5) is 0 Å². The Morgan fingerprint density at radius 2 is 2.27 bits per heavy atom. The van der Waals surface area contributed by atoms with Gasteiger partial charge in [-0.3, -0.25) is 0 Å². The number of hydrogen-bond donors (Lipinski definition) is 2. The number of H-pyrrole nitrogens is 1. The van der Waals surface area contributed by atoms with Gasteiger partial charge in [0.05, 0.1) is 18.8 Å². The first-order chi connectivity index (χ1) is 12.5. The molecule has 138 valence electrons. The second kappa shape index (κ2) is 7.71. The van der Waals surface area contributed by atoms with Crippen LogP contribution in [0, 0.1) is 11.8 Å². The number of esters is 1. The highest BCUT2D eigenvalue weighted by atomic mass is 32.1. The number of aliphatic hydroxyl groups is 1. The third-order valence-corrected chi connectivity index (χ3v) is 4.12. The molecule has 0 saturated heterocycles. The summed E-state index contributed by atoms with van der Waals surface area (Å²) in [4.78, 5) is 12.6. The summed E-state index contributed by atoms with van der Waals surface area (Å²) in [5, 5.41) is 16.4. The summed E-state index contributed by atoms with van der Waals surface area (Å²) in [5.41, 5.74) is 2.03. The van der Waals surface area contributed by atoms with Crippen molar-refractivity contribution in [3.8, 4) is 5.75 Å². The van der Waals surface area contributed by atoms with Crippen LogP contribution in [-0.4, -0.2) is 39.1 Å². The van der Waals surface area contributed by atoms with Crippen LogP contribution in [-0.2, 0) is 17.9 Å². The van der Waals surface area contributed by atoms with Gasteiger partial charge in [0.2, 0.25) is 0 Å². The molecule has 3 rings (SSSR count). The zero-order valence-corrected chi connectivity index (χ0v) is 15.3. The molecule has 8 nitrogen and oxygen atoms in total. The fraction of sp³-hybridized carbons (Fsp3) is 0.353. The summed E-state index contributed by atoms with van der Waals surface area (Å²) >= 11 is 4.82. The zero-order valence-electron chi connectivity index (χ0n) is 14.4. The Bertz CT molecular complexity index is 988. The molecule has 1 aromatic carbocycles. The normalized spacial score (nSPS) is 11.0. The molecule has 0 atom stereocenters. The maximum Gasteiger partial charge on any atom is 0.340 e. The molecule has 3 aromatic rings. The van der Waals surface area contributed by atoms with Crippen molar-refractivity contribution in [1.29, 1.82) is 0 Å². The van der Waals surface area contributed by atoms with Crippen molar-refractivity contribution < 1.29 is 23.8 Å². The van der Waals surface area contributed by atoms with Crippen LogP contribution in [0.1, 0.15) is 28.9 Å². The molecule has 0 unspecified atom stereocenters. The molecule has 9 heteroatoms. The molecule has 0 bridgehead atoms. The fourth-order valence-electron chi connectivity index (χ4n) is 2.87. The number of aromatic amines is 1. The Hall–Kier alpha value is -2.65. The molecule has 2 N–H and O–H groups in total. The van der Waals surface area contributed by atoms with Crippen LogP contribution in [0.15, 0.2) is 22.6 Å². The van der Waals surface area contributed by atoms with Crippen LogP contribution in [0.5, 0.6) is 5.75 Å². The maximum atomic E-state index is 12.4. The lowest BCUT2D eigenvalue weighted by Gasteiger charge is -2.07. The maximum absolute atomic E-state index is 12.4. The molecule has 26 heavy (non-hydrogen) atoms. The average Bonchev–Trinajstić information content (AvgIpc) is 3.15. The van der Waals surface area contributed by atoms with Gasteiger partial charge >= 0.3 is 5.97 Å². The third-order valence-electron chi connectivity index (χ3n) is 3.94. The van der Waals surface area contributed by atoms with E-state index in [0.29, 0.717) is 29.1 Å². The minimum atomic E-state index is -0.401. The monoisotopic (exact) mass is 377 g/mol. The van der Waals surface area contributed by atoms with Crippen molar-refractivity contribution in [2.45, 2.75) is 27.0 Å². The second-order valence-corrected chi connectivity index (χ2v) is 5.90. The first kappa shape index (κ1) is 18.2. The van der Waals surface area contributed by atoms with Gasteiger partial charge in [-0.25, -0.2) is 9.89 Å². The number of fused-ring (bicyclic) bond motifs is 1. The van der Waals surface area contributed by atoms with Crippen molar-refractivity contribution in [3.63, 3.8) is 0 Å². The lowest BCUT2D eigenvalue weighted by atomic mass is 10.1. The highest BCUT2D eigenvalue weighted by molar-refractivity contribution is 7.71. The number of nitrogens with one attached hydrogen (secondary N) is 1. The minimum Gasteiger partial charge on any atom is -0.484 e. The van der Waals surface area contributed by atoms with Gasteiger partial charge in [0.25, 0.3) is 10.7 Å². The van der Waals surface area contributed by atoms with Gasteiger partial charge in [0.15, 0.2) is 6.61 Å². The standard InChI is InChI=1S/C17H19N3O5S/c1-3-23-16(22)15-10(2)20(6-7-21)13-5-4-11(8-12(13)15)24-9-14-18-19-17(26)25-14/h4-5,8,21H,3,6-7,9H2,1-2H3,(H,19,26). The molecule has 2 aromatic heterocycles. The number of nitrogens with zero attached hydrogens (tertiary/aromatic N) is 2. The molecule has 0 aliphatic rings. The fourth-order valence-corrected chi connectivity index (χ4v) is 3.01. The summed E-state index contributed by atoms with van der Waals surface area (Å²) in [7, 11) is 0. The van der Waals surface area contributed by atoms with E-state index in [0.717, 1.165) is 11.2 Å². The molecular weight excluding hydrogens is 358 g/mol. The first-order valence-corrected chi connectivity index (χ1v) is 8.54. The Morgan fingerprint density at radius 1 is 1.46 bits per heavy atom. The molecule has 0 radical (unpaired) electrons. The van der Waals surface area contributed by atoms with Crippen LogP contribution in [0.25, 0.3) is 10.9 Å². The van der Waals surface area contributed by atoms with Gasteiger partial charge < -0.3 is 23.6 Å². The Labute approximate surface area is 154 Å². The van der Waals surface area contributed by atoms with Gasteiger partial charge in [-0.05, 0) is 44.3 Å². The van der Waals surface area contributed by atoms with E-state index in [1.807, 2.05) is 17.6 Å². The highest BCUT2D eigenvalue weighted by Gasteiger charge is 2.21. The topological polar surface area (TPSA) is 103 Å². The number of ether oxygens (including phenoxy) is 2. The number of hydrogen-bond acceptors (Lipinski definition) is 7. The van der Waals surface area contributed by atoms with Crippen LogP contribution < -0.4 is 4.74 Å². The molecule has 0 spiro atoms. The number of carbonyl (C=O) groups excluding carboxylic acids is 1. The van der Waals surface area contributed by atoms with Crippen molar-refractivity contribution in [3.05, 3.63) is 40.2 Å². The van der Waals surface area contributed by atoms with Crippen molar-refractivity contribution >= 4 is 29.1 Å². The molecule has 2 heterocycles.